The number of nitrogens with zero attached hydrogens (tertiary/aromatic N) is 2. The van der Waals surface area contributed by atoms with Gasteiger partial charge in [0.15, 0.2) is 0 Å². The van der Waals surface area contributed by atoms with E-state index in [-0.39, 0.29) is 12.5 Å². The van der Waals surface area contributed by atoms with E-state index >= 15 is 0 Å². The number of nitrogens with two attached hydrogens (primary N) is 1. The molecule has 15 heavy (non-hydrogen) atoms. The zero-order valence-corrected chi connectivity index (χ0v) is 8.98. The number of hydrogen-bond acceptors (Lipinski definition) is 5. The predicted octanol–water partition coefficient (Wildman–Crippen LogP) is -2.02. The van der Waals surface area contributed by atoms with E-state index in [1.807, 2.05) is 0 Å². The standard InChI is InChI=1S/C9H20N4O2/c10-11-9(15)1-2-12-3-5-13(6-4-12)7-8-14/h14H,1-8,10H2,(H,11,15). The van der Waals surface area contributed by atoms with Crippen LogP contribution in [0.4, 0.5) is 0 Å². The van der Waals surface area contributed by atoms with Crippen molar-refractivity contribution in [3.8, 4) is 0 Å². The van der Waals surface area contributed by atoms with E-state index in [0.29, 0.717) is 6.42 Å². The van der Waals surface area contributed by atoms with Crippen molar-refractivity contribution in [2.45, 2.75) is 6.42 Å². The molecule has 6 nitrogen and oxygen atoms in total. The predicted molar refractivity (Wildman–Crippen MR) is 56.9 cm³/mol. The fourth-order valence-corrected chi connectivity index (χ4v) is 1.71. The van der Waals surface area contributed by atoms with E-state index < -0.39 is 0 Å². The highest BCUT2D eigenvalue weighted by Crippen LogP contribution is 2.01. The van der Waals surface area contributed by atoms with Gasteiger partial charge in [0.1, 0.15) is 0 Å². The topological polar surface area (TPSA) is 81.8 Å². The van der Waals surface area contributed by atoms with Gasteiger partial charge in [0.2, 0.25) is 5.91 Å². The van der Waals surface area contributed by atoms with E-state index in [9.17, 15) is 4.79 Å². The average Bonchev–Trinajstić information content (AvgIpc) is 2.28. The number of hydrazine groups is 1. The van der Waals surface area contributed by atoms with Gasteiger partial charge in [-0.05, 0) is 0 Å². The Kier molecular flexibility index (Phi) is 5.56. The molecule has 88 valence electrons. The number of aliphatic hydroxyl groups excluding tert-OH is 1. The molecule has 0 aliphatic carbocycles. The molecule has 1 aliphatic heterocycles. The summed E-state index contributed by atoms with van der Waals surface area (Å²) in [7, 11) is 0. The maximum absolute atomic E-state index is 10.9. The summed E-state index contributed by atoms with van der Waals surface area (Å²) < 4.78 is 0. The first-order valence-corrected chi connectivity index (χ1v) is 5.31. The number of piperazine rings is 1. The highest BCUT2D eigenvalue weighted by atomic mass is 16.3. The lowest BCUT2D eigenvalue weighted by molar-refractivity contribution is -0.121. The van der Waals surface area contributed by atoms with Crippen LogP contribution in [0, 0.1) is 0 Å². The molecule has 1 aliphatic rings. The largest absolute Gasteiger partial charge is 0.395 e. The van der Waals surface area contributed by atoms with Crippen LogP contribution in [0.1, 0.15) is 6.42 Å². The Balaban J connectivity index is 2.12. The third kappa shape index (κ3) is 4.57. The molecule has 0 saturated carbocycles. The Bertz CT molecular complexity index is 193. The molecule has 0 spiro atoms. The van der Waals surface area contributed by atoms with Crippen LogP contribution in [0.25, 0.3) is 0 Å². The average molecular weight is 216 g/mol. The quantitative estimate of drug-likeness (QED) is 0.281. The van der Waals surface area contributed by atoms with Crippen LogP contribution in [0.3, 0.4) is 0 Å². The fraction of sp³-hybridized carbons (Fsp3) is 0.889. The summed E-state index contributed by atoms with van der Waals surface area (Å²) in [6, 6.07) is 0. The van der Waals surface area contributed by atoms with Crippen LogP contribution in [-0.4, -0.2) is 66.7 Å². The molecule has 1 heterocycles. The summed E-state index contributed by atoms with van der Waals surface area (Å²) in [5.74, 6) is 4.88. The lowest BCUT2D eigenvalue weighted by Crippen LogP contribution is -2.48. The van der Waals surface area contributed by atoms with Gasteiger partial charge in [0.05, 0.1) is 6.61 Å². The molecular formula is C9H20N4O2. The Morgan fingerprint density at radius 1 is 1.20 bits per heavy atom. The molecule has 0 aromatic heterocycles. The zero-order chi connectivity index (χ0) is 11.1. The molecule has 1 fully saturated rings. The number of hydrogen-bond donors (Lipinski definition) is 3. The maximum atomic E-state index is 10.9. The molecular weight excluding hydrogens is 196 g/mol. The lowest BCUT2D eigenvalue weighted by Gasteiger charge is -2.34. The molecule has 0 aromatic carbocycles. The number of amides is 1. The molecule has 1 rings (SSSR count). The second-order valence-corrected chi connectivity index (χ2v) is 3.72. The van der Waals surface area contributed by atoms with Crippen molar-refractivity contribution >= 4 is 5.91 Å². The van der Waals surface area contributed by atoms with Crippen molar-refractivity contribution in [1.29, 1.82) is 0 Å². The van der Waals surface area contributed by atoms with Crippen LogP contribution in [0.5, 0.6) is 0 Å². The van der Waals surface area contributed by atoms with Crippen molar-refractivity contribution in [3.63, 3.8) is 0 Å². The second kappa shape index (κ2) is 6.73. The minimum Gasteiger partial charge on any atom is -0.395 e. The number of carbonyl (C=O) groups is 1. The van der Waals surface area contributed by atoms with Crippen molar-refractivity contribution in [1.82, 2.24) is 15.2 Å². The first-order valence-electron chi connectivity index (χ1n) is 5.31. The molecule has 0 unspecified atom stereocenters. The Labute approximate surface area is 90.0 Å². The molecule has 4 N–H and O–H groups in total. The summed E-state index contributed by atoms with van der Waals surface area (Å²) >= 11 is 0. The highest BCUT2D eigenvalue weighted by molar-refractivity contribution is 5.75. The maximum Gasteiger partial charge on any atom is 0.235 e. The van der Waals surface area contributed by atoms with Gasteiger partial charge in [-0.3, -0.25) is 15.1 Å². The molecule has 1 amide bonds. The van der Waals surface area contributed by atoms with Crippen LogP contribution in [0.2, 0.25) is 0 Å². The third-order valence-corrected chi connectivity index (χ3v) is 2.70. The summed E-state index contributed by atoms with van der Waals surface area (Å²) in [6.07, 6.45) is 0.455. The minimum absolute atomic E-state index is 0.118. The van der Waals surface area contributed by atoms with Gasteiger partial charge in [-0.2, -0.15) is 0 Å². The third-order valence-electron chi connectivity index (χ3n) is 2.70. The normalized spacial score (nSPS) is 19.1. The van der Waals surface area contributed by atoms with Gasteiger partial charge in [-0.25, -0.2) is 5.84 Å². The first-order chi connectivity index (χ1) is 7.26. The van der Waals surface area contributed by atoms with Crippen molar-refractivity contribution in [2.75, 3.05) is 45.9 Å². The molecule has 0 aromatic rings. The number of rotatable bonds is 5. The molecule has 0 radical (unpaired) electrons. The van der Waals surface area contributed by atoms with Crippen LogP contribution < -0.4 is 11.3 Å². The number of carbonyl (C=O) groups excluding carboxylic acids is 1. The SMILES string of the molecule is NNC(=O)CCN1CCN(CCO)CC1. The molecule has 6 heteroatoms. The van der Waals surface area contributed by atoms with Gasteiger partial charge in [0, 0.05) is 45.7 Å². The summed E-state index contributed by atoms with van der Waals surface area (Å²) in [4.78, 5) is 15.4. The Hall–Kier alpha value is -0.690. The molecule has 0 atom stereocenters. The monoisotopic (exact) mass is 216 g/mol. The smallest absolute Gasteiger partial charge is 0.235 e. The fourth-order valence-electron chi connectivity index (χ4n) is 1.71. The molecule has 0 bridgehead atoms. The van der Waals surface area contributed by atoms with E-state index in [4.69, 9.17) is 10.9 Å². The van der Waals surface area contributed by atoms with Gasteiger partial charge < -0.3 is 10.0 Å². The van der Waals surface area contributed by atoms with Crippen molar-refractivity contribution in [3.05, 3.63) is 0 Å². The van der Waals surface area contributed by atoms with E-state index in [2.05, 4.69) is 15.2 Å². The van der Waals surface area contributed by atoms with Gasteiger partial charge in [-0.15, -0.1) is 0 Å². The van der Waals surface area contributed by atoms with Gasteiger partial charge in [-0.1, -0.05) is 0 Å². The summed E-state index contributed by atoms with van der Waals surface area (Å²) in [6.45, 7) is 5.56. The van der Waals surface area contributed by atoms with Crippen LogP contribution in [0.15, 0.2) is 0 Å². The molecule has 1 saturated heterocycles. The number of aliphatic hydroxyl groups is 1. The number of nitrogens with one attached hydrogen (secondary N) is 1. The minimum atomic E-state index is -0.118. The Morgan fingerprint density at radius 2 is 1.73 bits per heavy atom. The van der Waals surface area contributed by atoms with Crippen LogP contribution >= 0.6 is 0 Å². The van der Waals surface area contributed by atoms with Crippen LogP contribution in [-0.2, 0) is 4.79 Å². The second-order valence-electron chi connectivity index (χ2n) is 3.72. The van der Waals surface area contributed by atoms with E-state index in [0.717, 1.165) is 39.3 Å². The summed E-state index contributed by atoms with van der Waals surface area (Å²) in [5, 5.41) is 8.77. The van der Waals surface area contributed by atoms with Gasteiger partial charge in [0.25, 0.3) is 0 Å². The first kappa shape index (κ1) is 12.4. The number of β-amino-alcohol motifs (C(OH)–C–C–N with tert-alkyl or cyclic N) is 1. The zero-order valence-electron chi connectivity index (χ0n) is 8.98. The van der Waals surface area contributed by atoms with Gasteiger partial charge >= 0.3 is 0 Å². The summed E-state index contributed by atoms with van der Waals surface area (Å²) in [5.41, 5.74) is 2.12. The van der Waals surface area contributed by atoms with Crippen molar-refractivity contribution < 1.29 is 9.90 Å². The highest BCUT2D eigenvalue weighted by Gasteiger charge is 2.16. The Morgan fingerprint density at radius 3 is 2.20 bits per heavy atom. The van der Waals surface area contributed by atoms with E-state index in [1.54, 1.807) is 0 Å². The van der Waals surface area contributed by atoms with Crippen molar-refractivity contribution in [2.24, 2.45) is 5.84 Å². The van der Waals surface area contributed by atoms with E-state index in [1.165, 1.54) is 0 Å². The lowest BCUT2D eigenvalue weighted by atomic mass is 10.3.